The Morgan fingerprint density at radius 1 is 0.946 bits per heavy atom. The monoisotopic (exact) mass is 501 g/mol. The van der Waals surface area contributed by atoms with Gasteiger partial charge >= 0.3 is 0 Å². The molecule has 0 saturated carbocycles. The van der Waals surface area contributed by atoms with Crippen LogP contribution in [0.5, 0.6) is 17.2 Å². The minimum absolute atomic E-state index is 0.120. The molecule has 0 bridgehead atoms. The van der Waals surface area contributed by atoms with E-state index < -0.39 is 9.85 Å². The molecule has 6 rings (SSSR count). The number of ether oxygens (including phenoxy) is 3. The summed E-state index contributed by atoms with van der Waals surface area (Å²) in [5, 5.41) is 23.0. The molecular weight excluding hydrogens is 482 g/mol. The topological polar surface area (TPSA) is 136 Å². The van der Waals surface area contributed by atoms with Crippen molar-refractivity contribution >= 4 is 11.4 Å². The number of rotatable bonds is 5. The normalized spacial score (nSPS) is 13.2. The van der Waals surface area contributed by atoms with Gasteiger partial charge in [-0.15, -0.1) is 0 Å². The van der Waals surface area contributed by atoms with Gasteiger partial charge in [0.05, 0.1) is 28.7 Å². The van der Waals surface area contributed by atoms with Crippen LogP contribution >= 0.6 is 0 Å². The molecule has 1 aliphatic carbocycles. The summed E-state index contributed by atoms with van der Waals surface area (Å²) >= 11 is 0. The average molecular weight is 501 g/mol. The second-order valence-electron chi connectivity index (χ2n) is 8.87. The predicted octanol–water partition coefficient (Wildman–Crippen LogP) is 4.32. The van der Waals surface area contributed by atoms with Crippen LogP contribution in [0.3, 0.4) is 0 Å². The van der Waals surface area contributed by atoms with Gasteiger partial charge in [0.25, 0.3) is 11.4 Å². The lowest BCUT2D eigenvalue weighted by molar-refractivity contribution is -0.394. The van der Waals surface area contributed by atoms with Crippen LogP contribution in [0.2, 0.25) is 0 Å². The molecule has 0 fully saturated rings. The predicted molar refractivity (Wildman–Crippen MR) is 132 cm³/mol. The Hall–Kier alpha value is -4.93. The maximum Gasteiger partial charge on any atom is 0.276 e. The smallest absolute Gasteiger partial charge is 0.276 e. The second kappa shape index (κ2) is 8.33. The fraction of sp³-hybridized carbons (Fsp3) is 0.192. The lowest BCUT2D eigenvalue weighted by Crippen LogP contribution is -2.20. The molecule has 3 heterocycles. The summed E-state index contributed by atoms with van der Waals surface area (Å²) in [4.78, 5) is 34.9. The third-order valence-electron chi connectivity index (χ3n) is 6.80. The van der Waals surface area contributed by atoms with E-state index in [9.17, 15) is 25.0 Å². The molecule has 0 aromatic heterocycles. The fourth-order valence-corrected chi connectivity index (χ4v) is 5.15. The van der Waals surface area contributed by atoms with Crippen LogP contribution in [0.25, 0.3) is 22.4 Å². The number of nitro benzene ring substituents is 2. The van der Waals surface area contributed by atoms with Crippen molar-refractivity contribution in [1.82, 2.24) is 4.57 Å². The molecule has 4 aliphatic rings. The summed E-state index contributed by atoms with van der Waals surface area (Å²) in [6, 6.07) is 10.8. The van der Waals surface area contributed by atoms with Crippen molar-refractivity contribution in [2.24, 2.45) is 0 Å². The highest BCUT2D eigenvalue weighted by Crippen LogP contribution is 2.45. The molecule has 0 atom stereocenters. The van der Waals surface area contributed by atoms with Gasteiger partial charge in [-0.2, -0.15) is 0 Å². The number of hydrogen-bond donors (Lipinski definition) is 0. The zero-order valence-corrected chi connectivity index (χ0v) is 19.6. The molecule has 11 heteroatoms. The van der Waals surface area contributed by atoms with Crippen LogP contribution < -0.4 is 19.6 Å². The van der Waals surface area contributed by atoms with Gasteiger partial charge in [-0.25, -0.2) is 0 Å². The van der Waals surface area contributed by atoms with E-state index in [1.807, 2.05) is 16.7 Å². The van der Waals surface area contributed by atoms with Gasteiger partial charge in [0.2, 0.25) is 12.2 Å². The summed E-state index contributed by atoms with van der Waals surface area (Å²) in [7, 11) is 1.43. The highest BCUT2D eigenvalue weighted by Gasteiger charge is 2.29. The van der Waals surface area contributed by atoms with Crippen molar-refractivity contribution in [1.29, 1.82) is 0 Å². The first-order chi connectivity index (χ1) is 17.8. The quantitative estimate of drug-likeness (QED) is 0.291. The third-order valence-corrected chi connectivity index (χ3v) is 6.80. The van der Waals surface area contributed by atoms with Gasteiger partial charge in [0.1, 0.15) is 0 Å². The van der Waals surface area contributed by atoms with Gasteiger partial charge in [0.15, 0.2) is 17.2 Å². The van der Waals surface area contributed by atoms with E-state index in [4.69, 9.17) is 14.2 Å². The molecule has 2 aromatic carbocycles. The first-order valence-electron chi connectivity index (χ1n) is 11.4. The second-order valence-corrected chi connectivity index (χ2v) is 8.87. The fourth-order valence-electron chi connectivity index (χ4n) is 5.15. The molecular formula is C26H19N3O8. The Morgan fingerprint density at radius 3 is 2.32 bits per heavy atom. The Morgan fingerprint density at radius 2 is 1.65 bits per heavy atom. The molecule has 3 aliphatic heterocycles. The number of hydrogen-bond acceptors (Lipinski definition) is 8. The zero-order valence-electron chi connectivity index (χ0n) is 19.6. The Bertz CT molecular complexity index is 1630. The lowest BCUT2D eigenvalue weighted by atomic mass is 9.86. The molecule has 11 nitrogen and oxygen atoms in total. The van der Waals surface area contributed by atoms with Crippen LogP contribution in [0.1, 0.15) is 16.7 Å². The molecule has 0 unspecified atom stereocenters. The number of methoxy groups -OCH3 is 1. The van der Waals surface area contributed by atoms with Crippen LogP contribution in [0, 0.1) is 20.2 Å². The maximum absolute atomic E-state index is 13.2. The van der Waals surface area contributed by atoms with E-state index in [0.29, 0.717) is 46.7 Å². The number of aryl methyl sites for hydroxylation is 2. The minimum Gasteiger partial charge on any atom is -0.493 e. The largest absolute Gasteiger partial charge is 0.493 e. The van der Waals surface area contributed by atoms with Gasteiger partial charge in [-0.3, -0.25) is 25.0 Å². The van der Waals surface area contributed by atoms with Crippen molar-refractivity contribution in [2.45, 2.75) is 19.4 Å². The van der Waals surface area contributed by atoms with E-state index in [0.717, 1.165) is 22.9 Å². The molecule has 37 heavy (non-hydrogen) atoms. The number of nitro groups is 2. The number of nitrogens with zero attached hydrogens (tertiary/aromatic N) is 3. The van der Waals surface area contributed by atoms with Crippen LogP contribution in [0.4, 0.5) is 11.4 Å². The summed E-state index contributed by atoms with van der Waals surface area (Å²) < 4.78 is 18.4. The van der Waals surface area contributed by atoms with E-state index >= 15 is 0 Å². The van der Waals surface area contributed by atoms with E-state index in [1.54, 1.807) is 18.3 Å². The van der Waals surface area contributed by atoms with Crippen molar-refractivity contribution in [2.75, 3.05) is 13.9 Å². The van der Waals surface area contributed by atoms with E-state index in [1.165, 1.54) is 19.2 Å². The Kier molecular flexibility index (Phi) is 5.07. The van der Waals surface area contributed by atoms with Crippen molar-refractivity contribution in [3.05, 3.63) is 95.8 Å². The molecule has 0 saturated heterocycles. The number of pyridine rings is 1. The summed E-state index contributed by atoms with van der Waals surface area (Å²) in [5.74, 6) is 1.46. The highest BCUT2D eigenvalue weighted by atomic mass is 16.7. The standard InChI is InChI=1S/C26H19N3O8/c1-35-22-3-2-18-20(8-14-6-16(28(31)32)10-17(7-14)29(33)34)25-19-11-24-23(36-13-37-24)9-15(19)4-5-27(25)12-21(18)26(22)30/h2-3,6-7,9-12H,4-5,8,13H2,1H3. The minimum atomic E-state index is -0.652. The number of benzene rings is 3. The van der Waals surface area contributed by atoms with Crippen LogP contribution in [-0.4, -0.2) is 28.3 Å². The Balaban J connectivity index is 1.63. The van der Waals surface area contributed by atoms with Gasteiger partial charge in [0, 0.05) is 42.4 Å². The molecule has 0 N–H and O–H groups in total. The van der Waals surface area contributed by atoms with E-state index in [2.05, 4.69) is 0 Å². The SMILES string of the molecule is COc1ccc2c(Cc3cc([N+](=O)[O-])cc([N+](=O)[O-])c3)c3n(cc-2c1=O)CCc1cc2c(cc1-3)OCO2. The van der Waals surface area contributed by atoms with Gasteiger partial charge in [-0.05, 0) is 52.9 Å². The molecule has 2 aromatic rings. The Labute approximate surface area is 209 Å². The van der Waals surface area contributed by atoms with Crippen molar-refractivity contribution in [3.63, 3.8) is 0 Å². The highest BCUT2D eigenvalue weighted by molar-refractivity contribution is 5.82. The molecule has 186 valence electrons. The molecule has 0 amide bonds. The summed E-state index contributed by atoms with van der Waals surface area (Å²) in [6.45, 7) is 0.705. The maximum atomic E-state index is 13.2. The first kappa shape index (κ1) is 22.5. The van der Waals surface area contributed by atoms with E-state index in [-0.39, 0.29) is 35.8 Å². The number of fused-ring (bicyclic) bond motifs is 5. The van der Waals surface area contributed by atoms with Gasteiger partial charge < -0.3 is 18.8 Å². The van der Waals surface area contributed by atoms with Crippen molar-refractivity contribution < 1.29 is 24.1 Å². The van der Waals surface area contributed by atoms with Crippen LogP contribution in [0.15, 0.2) is 53.5 Å². The molecule has 0 spiro atoms. The zero-order chi connectivity index (χ0) is 25.8. The van der Waals surface area contributed by atoms with Crippen LogP contribution in [-0.2, 0) is 19.4 Å². The summed E-state index contributed by atoms with van der Waals surface area (Å²) in [5.41, 5.74) is 3.87. The summed E-state index contributed by atoms with van der Waals surface area (Å²) in [6.07, 6.45) is 2.60. The number of non-ortho nitro benzene ring substituents is 2. The van der Waals surface area contributed by atoms with Gasteiger partial charge in [-0.1, -0.05) is 0 Å². The van der Waals surface area contributed by atoms with Crippen molar-refractivity contribution in [3.8, 4) is 39.6 Å². The lowest BCUT2D eigenvalue weighted by Gasteiger charge is -2.28. The molecule has 0 radical (unpaired) electrons. The average Bonchev–Trinajstić information content (AvgIpc) is 3.35. The third kappa shape index (κ3) is 3.63. The first-order valence-corrected chi connectivity index (χ1v) is 11.4. The number of aromatic nitrogens is 1.